The highest BCUT2D eigenvalue weighted by atomic mass is 32.2. The molecule has 1 amide bonds. The van der Waals surface area contributed by atoms with E-state index in [-0.39, 0.29) is 18.0 Å². The zero-order chi connectivity index (χ0) is 21.6. The van der Waals surface area contributed by atoms with Crippen molar-refractivity contribution in [1.82, 2.24) is 14.6 Å². The van der Waals surface area contributed by atoms with E-state index < -0.39 is 10.0 Å². The fourth-order valence-corrected chi connectivity index (χ4v) is 5.10. The first-order chi connectivity index (χ1) is 14.3. The second-order valence-electron chi connectivity index (χ2n) is 7.55. The lowest BCUT2D eigenvalue weighted by atomic mass is 10.0. The standard InChI is InChI=1S/C21H28N4O3S2/c1-16(25-12-6-9-19(14-25)24-30(2,27)28)21(26)23-18-8-5-7-17(13-18)15-29-20-10-3-4-11-22-20/h3-5,7-8,10-11,13,16,19,24H,6,9,12,14-15H2,1-2H3,(H,23,26)/t16-,19-/m0/s1. The highest BCUT2D eigenvalue weighted by Crippen LogP contribution is 2.22. The first-order valence-electron chi connectivity index (χ1n) is 9.95. The number of sulfonamides is 1. The number of carbonyl (C=O) groups is 1. The Hall–Kier alpha value is -1.94. The number of nitrogens with one attached hydrogen (secondary N) is 2. The summed E-state index contributed by atoms with van der Waals surface area (Å²) in [6.07, 6.45) is 4.58. The maximum Gasteiger partial charge on any atom is 0.241 e. The molecule has 2 heterocycles. The average molecular weight is 449 g/mol. The second-order valence-corrected chi connectivity index (χ2v) is 10.3. The molecule has 1 aromatic carbocycles. The van der Waals surface area contributed by atoms with Crippen molar-refractivity contribution in [1.29, 1.82) is 0 Å². The summed E-state index contributed by atoms with van der Waals surface area (Å²) in [5.74, 6) is 0.672. The van der Waals surface area contributed by atoms with Crippen LogP contribution in [0, 0.1) is 0 Å². The van der Waals surface area contributed by atoms with Gasteiger partial charge in [-0.2, -0.15) is 0 Å². The quantitative estimate of drug-likeness (QED) is 0.604. The van der Waals surface area contributed by atoms with Crippen molar-refractivity contribution in [2.45, 2.75) is 42.6 Å². The van der Waals surface area contributed by atoms with Crippen molar-refractivity contribution < 1.29 is 13.2 Å². The number of piperidine rings is 1. The lowest BCUT2D eigenvalue weighted by Gasteiger charge is -2.36. The molecule has 1 fully saturated rings. The number of thioether (sulfide) groups is 1. The smallest absolute Gasteiger partial charge is 0.241 e. The maximum atomic E-state index is 12.8. The summed E-state index contributed by atoms with van der Waals surface area (Å²) < 4.78 is 25.7. The molecule has 0 unspecified atom stereocenters. The molecule has 0 radical (unpaired) electrons. The molecule has 162 valence electrons. The SMILES string of the molecule is C[C@@H](C(=O)Nc1cccc(CSc2ccccn2)c1)N1CCC[C@H](NS(C)(=O)=O)C1. The fraction of sp³-hybridized carbons (Fsp3) is 0.429. The lowest BCUT2D eigenvalue weighted by molar-refractivity contribution is -0.121. The summed E-state index contributed by atoms with van der Waals surface area (Å²) in [6, 6.07) is 13.1. The zero-order valence-electron chi connectivity index (χ0n) is 17.2. The Kier molecular flexibility index (Phi) is 7.87. The number of benzene rings is 1. The number of nitrogens with zero attached hydrogens (tertiary/aromatic N) is 2. The van der Waals surface area contributed by atoms with Gasteiger partial charge in [-0.1, -0.05) is 18.2 Å². The number of hydrogen-bond acceptors (Lipinski definition) is 6. The van der Waals surface area contributed by atoms with Gasteiger partial charge in [0.15, 0.2) is 0 Å². The highest BCUT2D eigenvalue weighted by molar-refractivity contribution is 7.98. The minimum atomic E-state index is -3.26. The van der Waals surface area contributed by atoms with Crippen LogP contribution in [0.3, 0.4) is 0 Å². The van der Waals surface area contributed by atoms with Gasteiger partial charge in [-0.05, 0) is 56.1 Å². The molecule has 7 nitrogen and oxygen atoms in total. The number of likely N-dealkylation sites (tertiary alicyclic amines) is 1. The molecule has 0 bridgehead atoms. The Morgan fingerprint density at radius 1 is 1.30 bits per heavy atom. The molecule has 0 aliphatic carbocycles. The van der Waals surface area contributed by atoms with E-state index in [2.05, 4.69) is 15.0 Å². The summed E-state index contributed by atoms with van der Waals surface area (Å²) in [7, 11) is -3.26. The number of carbonyl (C=O) groups excluding carboxylic acids is 1. The number of pyridine rings is 1. The lowest BCUT2D eigenvalue weighted by Crippen LogP contribution is -2.52. The first kappa shape index (κ1) is 22.7. The van der Waals surface area contributed by atoms with Crippen LogP contribution in [0.25, 0.3) is 0 Å². The molecule has 0 saturated carbocycles. The van der Waals surface area contributed by atoms with Crippen molar-refractivity contribution in [2.75, 3.05) is 24.7 Å². The molecule has 1 saturated heterocycles. The molecule has 3 rings (SSSR count). The summed E-state index contributed by atoms with van der Waals surface area (Å²) in [5.41, 5.74) is 1.86. The van der Waals surface area contributed by atoms with E-state index in [4.69, 9.17) is 0 Å². The maximum absolute atomic E-state index is 12.8. The van der Waals surface area contributed by atoms with E-state index in [1.54, 1.807) is 18.0 Å². The molecule has 1 aromatic heterocycles. The Bertz CT molecular complexity index is 954. The Balaban J connectivity index is 1.55. The third kappa shape index (κ3) is 7.09. The minimum absolute atomic E-state index is 0.0930. The topological polar surface area (TPSA) is 91.4 Å². The third-order valence-corrected chi connectivity index (χ3v) is 6.76. The van der Waals surface area contributed by atoms with Crippen molar-refractivity contribution in [3.63, 3.8) is 0 Å². The van der Waals surface area contributed by atoms with Crippen LogP contribution in [0.2, 0.25) is 0 Å². The van der Waals surface area contributed by atoms with Crippen LogP contribution in [0.4, 0.5) is 5.69 Å². The number of aromatic nitrogens is 1. The van der Waals surface area contributed by atoms with Crippen molar-refractivity contribution >= 4 is 33.4 Å². The predicted octanol–water partition coefficient (Wildman–Crippen LogP) is 2.71. The van der Waals surface area contributed by atoms with Gasteiger partial charge in [0.05, 0.1) is 17.3 Å². The summed E-state index contributed by atoms with van der Waals surface area (Å²) in [6.45, 7) is 3.17. The van der Waals surface area contributed by atoms with Gasteiger partial charge in [0, 0.05) is 30.2 Å². The van der Waals surface area contributed by atoms with E-state index in [0.29, 0.717) is 6.54 Å². The van der Waals surface area contributed by atoms with E-state index in [9.17, 15) is 13.2 Å². The molecular formula is C21H28N4O3S2. The van der Waals surface area contributed by atoms with Crippen LogP contribution >= 0.6 is 11.8 Å². The van der Waals surface area contributed by atoms with Crippen LogP contribution in [-0.2, 0) is 20.6 Å². The summed E-state index contributed by atoms with van der Waals surface area (Å²) in [5, 5.41) is 3.96. The van der Waals surface area contributed by atoms with Crippen molar-refractivity contribution in [2.24, 2.45) is 0 Å². The molecule has 2 N–H and O–H groups in total. The normalized spacial score (nSPS) is 18.7. The molecular weight excluding hydrogens is 420 g/mol. The van der Waals surface area contributed by atoms with Crippen molar-refractivity contribution in [3.05, 3.63) is 54.2 Å². The van der Waals surface area contributed by atoms with E-state index in [1.807, 2.05) is 54.3 Å². The zero-order valence-corrected chi connectivity index (χ0v) is 18.9. The Morgan fingerprint density at radius 2 is 2.13 bits per heavy atom. The first-order valence-corrected chi connectivity index (χ1v) is 12.8. The van der Waals surface area contributed by atoms with Gasteiger partial charge in [-0.25, -0.2) is 18.1 Å². The molecule has 2 aromatic rings. The summed E-state index contributed by atoms with van der Waals surface area (Å²) >= 11 is 1.65. The monoisotopic (exact) mass is 448 g/mol. The van der Waals surface area contributed by atoms with Gasteiger partial charge in [-0.15, -0.1) is 11.8 Å². The van der Waals surface area contributed by atoms with Crippen LogP contribution in [0.15, 0.2) is 53.7 Å². The predicted molar refractivity (Wildman–Crippen MR) is 121 cm³/mol. The van der Waals surface area contributed by atoms with Gasteiger partial charge >= 0.3 is 0 Å². The van der Waals surface area contributed by atoms with E-state index >= 15 is 0 Å². The van der Waals surface area contributed by atoms with E-state index in [1.165, 1.54) is 6.26 Å². The van der Waals surface area contributed by atoms with Gasteiger partial charge < -0.3 is 5.32 Å². The van der Waals surface area contributed by atoms with Gasteiger partial charge in [0.2, 0.25) is 15.9 Å². The third-order valence-electron chi connectivity index (χ3n) is 4.98. The number of anilines is 1. The van der Waals surface area contributed by atoms with Crippen LogP contribution in [0.5, 0.6) is 0 Å². The average Bonchev–Trinajstić information content (AvgIpc) is 2.72. The number of amides is 1. The van der Waals surface area contributed by atoms with Crippen molar-refractivity contribution in [3.8, 4) is 0 Å². The largest absolute Gasteiger partial charge is 0.325 e. The second kappa shape index (κ2) is 10.4. The Morgan fingerprint density at radius 3 is 2.87 bits per heavy atom. The molecule has 9 heteroatoms. The van der Waals surface area contributed by atoms with Crippen LogP contribution < -0.4 is 10.0 Å². The molecule has 30 heavy (non-hydrogen) atoms. The van der Waals surface area contributed by atoms with Crippen LogP contribution in [0.1, 0.15) is 25.3 Å². The molecule has 0 spiro atoms. The fourth-order valence-electron chi connectivity index (χ4n) is 3.50. The number of rotatable bonds is 8. The Labute approximate surface area is 182 Å². The van der Waals surface area contributed by atoms with Gasteiger partial charge in [-0.3, -0.25) is 9.69 Å². The number of hydrogen-bond donors (Lipinski definition) is 2. The minimum Gasteiger partial charge on any atom is -0.325 e. The highest BCUT2D eigenvalue weighted by Gasteiger charge is 2.28. The molecule has 2 atom stereocenters. The molecule has 1 aliphatic rings. The summed E-state index contributed by atoms with van der Waals surface area (Å²) in [4.78, 5) is 19.1. The van der Waals surface area contributed by atoms with Gasteiger partial charge in [0.1, 0.15) is 0 Å². The van der Waals surface area contributed by atoms with Crippen LogP contribution in [-0.4, -0.2) is 55.6 Å². The van der Waals surface area contributed by atoms with Gasteiger partial charge in [0.25, 0.3) is 0 Å². The molecule has 1 aliphatic heterocycles. The van der Waals surface area contributed by atoms with E-state index in [0.717, 1.165) is 41.4 Å².